The monoisotopic (exact) mass is 466 g/mol. The zero-order valence-electron chi connectivity index (χ0n) is 18.0. The first-order valence-electron chi connectivity index (χ1n) is 11.8. The van der Waals surface area contributed by atoms with Crippen molar-refractivity contribution in [3.63, 3.8) is 0 Å². The molecule has 2 aliphatic carbocycles. The second-order valence-corrected chi connectivity index (χ2v) is 10.8. The SMILES string of the molecule is O=C(c1cccs1)N1c2nc(-c3ccc(Cl)cc3)nn2C2(CCCCC2)C2CCCCC21. The fraction of sp³-hybridized carbons (Fsp3) is 0.480. The van der Waals surface area contributed by atoms with Crippen LogP contribution in [0.25, 0.3) is 11.4 Å². The Bertz CT molecular complexity index is 1120. The van der Waals surface area contributed by atoms with Crippen molar-refractivity contribution in [2.45, 2.75) is 69.4 Å². The van der Waals surface area contributed by atoms with E-state index in [1.54, 1.807) is 0 Å². The van der Waals surface area contributed by atoms with Crippen LogP contribution in [0.15, 0.2) is 41.8 Å². The fourth-order valence-electron chi connectivity index (χ4n) is 6.34. The smallest absolute Gasteiger partial charge is 0.270 e. The van der Waals surface area contributed by atoms with Crippen molar-refractivity contribution in [3.8, 4) is 11.4 Å². The second-order valence-electron chi connectivity index (χ2n) is 9.43. The van der Waals surface area contributed by atoms with Crippen LogP contribution in [0, 0.1) is 5.92 Å². The van der Waals surface area contributed by atoms with E-state index in [-0.39, 0.29) is 17.5 Å². The molecule has 1 amide bonds. The predicted molar refractivity (Wildman–Crippen MR) is 128 cm³/mol. The van der Waals surface area contributed by atoms with Crippen LogP contribution >= 0.6 is 22.9 Å². The maximum Gasteiger partial charge on any atom is 0.270 e. The standard InChI is InChI=1S/C25H27ClN4OS/c26-18-12-10-17(11-13-18)22-27-24-29(23(31)21-9-6-16-32-21)20-8-3-2-7-19(20)25(30(24)28-22)14-4-1-5-15-25/h6,9-13,16,19-20H,1-5,7-8,14-15H2. The topological polar surface area (TPSA) is 51.0 Å². The second kappa shape index (κ2) is 7.99. The summed E-state index contributed by atoms with van der Waals surface area (Å²) in [5, 5.41) is 7.78. The fourth-order valence-corrected chi connectivity index (χ4v) is 7.13. The number of aromatic nitrogens is 3. The molecule has 166 valence electrons. The number of fused-ring (bicyclic) bond motifs is 4. The molecule has 32 heavy (non-hydrogen) atoms. The van der Waals surface area contributed by atoms with Crippen LogP contribution in [-0.4, -0.2) is 26.7 Å². The molecule has 3 aliphatic rings. The Hall–Kier alpha value is -2.18. The van der Waals surface area contributed by atoms with Crippen LogP contribution in [0.2, 0.25) is 5.02 Å². The normalized spacial score (nSPS) is 24.2. The largest absolute Gasteiger partial charge is 0.273 e. The molecule has 2 aromatic heterocycles. The molecule has 3 heterocycles. The summed E-state index contributed by atoms with van der Waals surface area (Å²) in [7, 11) is 0. The van der Waals surface area contributed by atoms with E-state index < -0.39 is 0 Å². The van der Waals surface area contributed by atoms with Gasteiger partial charge in [0.05, 0.1) is 10.4 Å². The molecule has 6 rings (SSSR count). The van der Waals surface area contributed by atoms with E-state index in [9.17, 15) is 4.79 Å². The third-order valence-corrected chi connectivity index (χ3v) is 8.86. The number of anilines is 1. The summed E-state index contributed by atoms with van der Waals surface area (Å²) < 4.78 is 2.17. The Kier molecular flexibility index (Phi) is 5.10. The number of carbonyl (C=O) groups is 1. The van der Waals surface area contributed by atoms with Crippen LogP contribution in [-0.2, 0) is 5.54 Å². The van der Waals surface area contributed by atoms with Gasteiger partial charge in [0.25, 0.3) is 5.91 Å². The molecule has 3 aromatic rings. The number of hydrogen-bond acceptors (Lipinski definition) is 4. The van der Waals surface area contributed by atoms with Gasteiger partial charge in [-0.05, 0) is 61.4 Å². The maximum atomic E-state index is 13.8. The molecule has 1 aromatic carbocycles. The Morgan fingerprint density at radius 2 is 1.81 bits per heavy atom. The van der Waals surface area contributed by atoms with Crippen molar-refractivity contribution in [3.05, 3.63) is 51.7 Å². The number of thiophene rings is 1. The van der Waals surface area contributed by atoms with Crippen molar-refractivity contribution < 1.29 is 4.79 Å². The van der Waals surface area contributed by atoms with E-state index in [1.165, 1.54) is 43.4 Å². The van der Waals surface area contributed by atoms with E-state index in [4.69, 9.17) is 21.7 Å². The molecule has 1 aliphatic heterocycles. The van der Waals surface area contributed by atoms with Crippen LogP contribution in [0.3, 0.4) is 0 Å². The summed E-state index contributed by atoms with van der Waals surface area (Å²) in [6.45, 7) is 0. The average Bonchev–Trinajstić information content (AvgIpc) is 3.52. The molecule has 7 heteroatoms. The molecule has 2 atom stereocenters. The van der Waals surface area contributed by atoms with Crippen molar-refractivity contribution in [1.29, 1.82) is 0 Å². The van der Waals surface area contributed by atoms with Crippen LogP contribution in [0.5, 0.6) is 0 Å². The van der Waals surface area contributed by atoms with Crippen LogP contribution in [0.4, 0.5) is 5.95 Å². The van der Waals surface area contributed by atoms with E-state index in [1.807, 2.05) is 46.7 Å². The molecule has 0 saturated heterocycles. The molecular weight excluding hydrogens is 440 g/mol. The van der Waals surface area contributed by atoms with Gasteiger partial charge in [-0.2, -0.15) is 4.98 Å². The van der Waals surface area contributed by atoms with Crippen LogP contribution < -0.4 is 4.90 Å². The van der Waals surface area contributed by atoms with Crippen molar-refractivity contribution in [2.24, 2.45) is 5.92 Å². The molecule has 5 nitrogen and oxygen atoms in total. The first-order chi connectivity index (χ1) is 15.7. The summed E-state index contributed by atoms with van der Waals surface area (Å²) in [6, 6.07) is 11.8. The van der Waals surface area contributed by atoms with Gasteiger partial charge in [0.1, 0.15) is 0 Å². The van der Waals surface area contributed by atoms with Gasteiger partial charge in [0, 0.05) is 22.5 Å². The van der Waals surface area contributed by atoms with Gasteiger partial charge < -0.3 is 0 Å². The Balaban J connectivity index is 1.54. The lowest BCUT2D eigenvalue weighted by molar-refractivity contribution is 0.0315. The number of nitrogens with zero attached hydrogens (tertiary/aromatic N) is 4. The Labute approximate surface area is 197 Å². The first kappa shape index (κ1) is 20.4. The Morgan fingerprint density at radius 1 is 1.03 bits per heavy atom. The van der Waals surface area contributed by atoms with E-state index in [2.05, 4.69) is 4.68 Å². The van der Waals surface area contributed by atoms with Gasteiger partial charge in [-0.3, -0.25) is 9.69 Å². The minimum Gasteiger partial charge on any atom is -0.273 e. The number of hydrogen-bond donors (Lipinski definition) is 0. The summed E-state index contributed by atoms with van der Waals surface area (Å²) in [6.07, 6.45) is 10.6. The third-order valence-electron chi connectivity index (χ3n) is 7.75. The lowest BCUT2D eigenvalue weighted by atomic mass is 9.64. The van der Waals surface area contributed by atoms with E-state index in [0.29, 0.717) is 16.8 Å². The van der Waals surface area contributed by atoms with Crippen LogP contribution in [0.1, 0.15) is 67.5 Å². The third kappa shape index (κ3) is 3.14. The minimum absolute atomic E-state index is 0.0252. The highest BCUT2D eigenvalue weighted by atomic mass is 35.5. The highest BCUT2D eigenvalue weighted by molar-refractivity contribution is 7.12. The molecule has 0 radical (unpaired) electrons. The number of benzene rings is 1. The highest BCUT2D eigenvalue weighted by Crippen LogP contribution is 2.53. The summed E-state index contributed by atoms with van der Waals surface area (Å²) >= 11 is 7.63. The zero-order chi connectivity index (χ0) is 21.7. The molecule has 2 unspecified atom stereocenters. The van der Waals surface area contributed by atoms with Crippen molar-refractivity contribution in [2.75, 3.05) is 4.90 Å². The first-order valence-corrected chi connectivity index (χ1v) is 13.0. The minimum atomic E-state index is -0.0252. The summed E-state index contributed by atoms with van der Waals surface area (Å²) in [4.78, 5) is 21.6. The van der Waals surface area contributed by atoms with Gasteiger partial charge in [-0.15, -0.1) is 16.4 Å². The van der Waals surface area contributed by atoms with Crippen molar-refractivity contribution >= 4 is 34.8 Å². The average molecular weight is 467 g/mol. The lowest BCUT2D eigenvalue weighted by Crippen LogP contribution is -2.61. The number of carbonyl (C=O) groups excluding carboxylic acids is 1. The highest BCUT2D eigenvalue weighted by Gasteiger charge is 2.55. The molecule has 0 N–H and O–H groups in total. The number of rotatable bonds is 2. The van der Waals surface area contributed by atoms with Crippen molar-refractivity contribution in [1.82, 2.24) is 14.8 Å². The van der Waals surface area contributed by atoms with Gasteiger partial charge in [0.15, 0.2) is 5.82 Å². The zero-order valence-corrected chi connectivity index (χ0v) is 19.6. The summed E-state index contributed by atoms with van der Waals surface area (Å²) in [5.41, 5.74) is 0.913. The molecule has 1 spiro atoms. The molecular formula is C25H27ClN4OS. The lowest BCUT2D eigenvalue weighted by Gasteiger charge is -2.55. The van der Waals surface area contributed by atoms with Gasteiger partial charge >= 0.3 is 0 Å². The van der Waals surface area contributed by atoms with Gasteiger partial charge in [-0.25, -0.2) is 4.68 Å². The molecule has 0 bridgehead atoms. The van der Waals surface area contributed by atoms with E-state index >= 15 is 0 Å². The van der Waals surface area contributed by atoms with E-state index in [0.717, 1.165) is 42.1 Å². The molecule has 2 fully saturated rings. The Morgan fingerprint density at radius 3 is 2.56 bits per heavy atom. The van der Waals surface area contributed by atoms with Gasteiger partial charge in [0.2, 0.25) is 5.95 Å². The predicted octanol–water partition coefficient (Wildman–Crippen LogP) is 6.54. The maximum absolute atomic E-state index is 13.8. The quantitative estimate of drug-likeness (QED) is 0.431. The van der Waals surface area contributed by atoms with Gasteiger partial charge in [-0.1, -0.05) is 49.8 Å². The summed E-state index contributed by atoms with van der Waals surface area (Å²) in [5.74, 6) is 1.93. The molecule has 2 saturated carbocycles. The number of halogens is 1. The number of amides is 1.